The fourth-order valence-corrected chi connectivity index (χ4v) is 2.75. The van der Waals surface area contributed by atoms with Crippen LogP contribution in [0.25, 0.3) is 22.3 Å². The molecule has 0 spiro atoms. The fraction of sp³-hybridized carbons (Fsp3) is 0. The average Bonchev–Trinajstić information content (AvgIpc) is 2.75. The molecule has 0 fully saturated rings. The third-order valence-corrected chi connectivity index (χ3v) is 4.18. The lowest BCUT2D eigenvalue weighted by molar-refractivity contribution is -0.130. The predicted octanol–water partition coefficient (Wildman–Crippen LogP) is 5.62. The van der Waals surface area contributed by atoms with Gasteiger partial charge >= 0.3 is 11.9 Å². The van der Waals surface area contributed by atoms with Crippen LogP contribution < -0.4 is 9.47 Å². The summed E-state index contributed by atoms with van der Waals surface area (Å²) in [5, 5.41) is 0. The van der Waals surface area contributed by atoms with Gasteiger partial charge in [0.2, 0.25) is 0 Å². The minimum Gasteiger partial charge on any atom is -0.420 e. The molecule has 3 aromatic rings. The average molecular weight is 424 g/mol. The number of benzene rings is 3. The van der Waals surface area contributed by atoms with E-state index >= 15 is 0 Å². The lowest BCUT2D eigenvalue weighted by Gasteiger charge is -2.10. The number of esters is 2. The summed E-state index contributed by atoms with van der Waals surface area (Å²) in [6.45, 7) is 6.47. The first-order chi connectivity index (χ1) is 14.8. The van der Waals surface area contributed by atoms with Crippen molar-refractivity contribution >= 4 is 11.9 Å². The van der Waals surface area contributed by atoms with Crippen molar-refractivity contribution in [3.05, 3.63) is 97.4 Å². The van der Waals surface area contributed by atoms with Gasteiger partial charge in [0.25, 0.3) is 0 Å². The molecule has 0 aliphatic rings. The normalized spacial score (nSPS) is 10.3. The Labute approximate surface area is 175 Å². The summed E-state index contributed by atoms with van der Waals surface area (Å²) < 4.78 is 52.4. The molecular formula is C24H15F3O4. The van der Waals surface area contributed by atoms with Gasteiger partial charge in [0.1, 0.15) is 5.82 Å². The zero-order valence-electron chi connectivity index (χ0n) is 16.0. The van der Waals surface area contributed by atoms with Gasteiger partial charge in [-0.05, 0) is 64.7 Å². The van der Waals surface area contributed by atoms with Crippen LogP contribution in [0.15, 0.2) is 79.9 Å². The van der Waals surface area contributed by atoms with Crippen LogP contribution in [0.5, 0.6) is 11.5 Å². The van der Waals surface area contributed by atoms with E-state index in [0.717, 1.165) is 24.3 Å². The van der Waals surface area contributed by atoms with Crippen molar-refractivity contribution in [1.29, 1.82) is 0 Å². The van der Waals surface area contributed by atoms with E-state index in [1.807, 2.05) is 0 Å². The molecular weight excluding hydrogens is 409 g/mol. The number of carbonyl (C=O) groups is 2. The minimum atomic E-state index is -0.821. The predicted molar refractivity (Wildman–Crippen MR) is 109 cm³/mol. The van der Waals surface area contributed by atoms with Crippen molar-refractivity contribution < 1.29 is 32.2 Å². The van der Waals surface area contributed by atoms with Crippen LogP contribution in [0.1, 0.15) is 0 Å². The zero-order valence-corrected chi connectivity index (χ0v) is 16.0. The van der Waals surface area contributed by atoms with Gasteiger partial charge in [0.05, 0.1) is 0 Å². The quantitative estimate of drug-likeness (QED) is 0.293. The molecule has 0 bridgehead atoms. The lowest BCUT2D eigenvalue weighted by atomic mass is 9.98. The van der Waals surface area contributed by atoms with Gasteiger partial charge in [-0.15, -0.1) is 0 Å². The minimum absolute atomic E-state index is 0.294. The van der Waals surface area contributed by atoms with E-state index in [1.165, 1.54) is 42.5 Å². The van der Waals surface area contributed by atoms with Gasteiger partial charge in [0, 0.05) is 12.2 Å². The molecule has 0 amide bonds. The van der Waals surface area contributed by atoms with Gasteiger partial charge in [0.15, 0.2) is 23.1 Å². The summed E-state index contributed by atoms with van der Waals surface area (Å²) >= 11 is 0. The molecule has 31 heavy (non-hydrogen) atoms. The molecule has 0 aromatic heterocycles. The molecule has 0 heterocycles. The number of halogens is 3. The molecule has 0 aliphatic heterocycles. The Balaban J connectivity index is 1.95. The Morgan fingerprint density at radius 3 is 1.42 bits per heavy atom. The first-order valence-corrected chi connectivity index (χ1v) is 8.89. The molecule has 0 unspecified atom stereocenters. The maximum absolute atomic E-state index is 14.3. The van der Waals surface area contributed by atoms with Gasteiger partial charge in [-0.3, -0.25) is 0 Å². The highest BCUT2D eigenvalue weighted by atomic mass is 19.1. The maximum Gasteiger partial charge on any atom is 0.335 e. The van der Waals surface area contributed by atoms with Crippen molar-refractivity contribution in [1.82, 2.24) is 0 Å². The summed E-state index contributed by atoms with van der Waals surface area (Å²) in [5.74, 6) is -4.49. The smallest absolute Gasteiger partial charge is 0.335 e. The van der Waals surface area contributed by atoms with Gasteiger partial charge < -0.3 is 9.47 Å². The van der Waals surface area contributed by atoms with Crippen molar-refractivity contribution in [3.63, 3.8) is 0 Å². The number of hydrogen-bond donors (Lipinski definition) is 0. The molecule has 4 nitrogen and oxygen atoms in total. The third-order valence-electron chi connectivity index (χ3n) is 4.18. The van der Waals surface area contributed by atoms with E-state index in [2.05, 4.69) is 13.2 Å². The van der Waals surface area contributed by atoms with Crippen molar-refractivity contribution in [2.24, 2.45) is 0 Å². The van der Waals surface area contributed by atoms with E-state index in [9.17, 15) is 22.8 Å². The van der Waals surface area contributed by atoms with E-state index < -0.39 is 29.4 Å². The number of carbonyl (C=O) groups excluding carboxylic acids is 2. The first kappa shape index (κ1) is 21.6. The SMILES string of the molecule is C=CC(=O)Oc1ccc(-c2cc(F)cc(-c3ccc(OC(=O)C=C)c(F)c3)c2)cc1F. The fourth-order valence-electron chi connectivity index (χ4n) is 2.75. The van der Waals surface area contributed by atoms with Crippen LogP contribution in [0.2, 0.25) is 0 Å². The molecule has 0 aliphatic carbocycles. The van der Waals surface area contributed by atoms with Gasteiger partial charge in [-0.1, -0.05) is 25.3 Å². The van der Waals surface area contributed by atoms with E-state index in [4.69, 9.17) is 9.47 Å². The third kappa shape index (κ3) is 5.08. The summed E-state index contributed by atoms with van der Waals surface area (Å²) in [6, 6.07) is 11.5. The standard InChI is InChI=1S/C24H15F3O4/c1-3-23(28)30-21-7-5-14(12-19(21)26)16-9-17(11-18(25)10-16)15-6-8-22(20(27)13-15)31-24(29)4-2/h3-13H,1-2H2. The van der Waals surface area contributed by atoms with Crippen LogP contribution >= 0.6 is 0 Å². The van der Waals surface area contributed by atoms with Crippen molar-refractivity contribution in [2.75, 3.05) is 0 Å². The molecule has 0 N–H and O–H groups in total. The van der Waals surface area contributed by atoms with Crippen LogP contribution in [0, 0.1) is 17.5 Å². The molecule has 0 saturated carbocycles. The molecule has 3 rings (SSSR count). The second-order valence-electron chi connectivity index (χ2n) is 6.27. The first-order valence-electron chi connectivity index (χ1n) is 8.89. The number of ether oxygens (including phenoxy) is 2. The Bertz CT molecular complexity index is 1110. The maximum atomic E-state index is 14.3. The van der Waals surface area contributed by atoms with E-state index in [-0.39, 0.29) is 11.5 Å². The van der Waals surface area contributed by atoms with Crippen molar-refractivity contribution in [3.8, 4) is 33.8 Å². The number of hydrogen-bond acceptors (Lipinski definition) is 4. The summed E-state index contributed by atoms with van der Waals surface area (Å²) in [6.07, 6.45) is 1.80. The molecule has 0 saturated heterocycles. The Morgan fingerprint density at radius 2 is 1.06 bits per heavy atom. The van der Waals surface area contributed by atoms with Crippen LogP contribution in [-0.4, -0.2) is 11.9 Å². The highest BCUT2D eigenvalue weighted by Gasteiger charge is 2.13. The van der Waals surface area contributed by atoms with Crippen LogP contribution in [-0.2, 0) is 9.59 Å². The van der Waals surface area contributed by atoms with Crippen LogP contribution in [0.4, 0.5) is 13.2 Å². The Kier molecular flexibility index (Phi) is 6.35. The second-order valence-corrected chi connectivity index (χ2v) is 6.27. The van der Waals surface area contributed by atoms with E-state index in [0.29, 0.717) is 22.3 Å². The molecule has 7 heteroatoms. The van der Waals surface area contributed by atoms with Gasteiger partial charge in [-0.2, -0.15) is 0 Å². The molecule has 0 atom stereocenters. The monoisotopic (exact) mass is 424 g/mol. The topological polar surface area (TPSA) is 52.6 Å². The highest BCUT2D eigenvalue weighted by molar-refractivity contribution is 5.84. The Hall–Kier alpha value is -4.13. The highest BCUT2D eigenvalue weighted by Crippen LogP contribution is 2.32. The zero-order chi connectivity index (χ0) is 22.5. The molecule has 156 valence electrons. The molecule has 0 radical (unpaired) electrons. The lowest BCUT2D eigenvalue weighted by Crippen LogP contribution is -2.04. The summed E-state index contributed by atoms with van der Waals surface area (Å²) in [4.78, 5) is 22.5. The van der Waals surface area contributed by atoms with E-state index in [1.54, 1.807) is 0 Å². The number of rotatable bonds is 6. The second kappa shape index (κ2) is 9.13. The summed E-state index contributed by atoms with van der Waals surface area (Å²) in [5.41, 5.74) is 1.26. The van der Waals surface area contributed by atoms with Crippen molar-refractivity contribution in [2.45, 2.75) is 0 Å². The van der Waals surface area contributed by atoms with Crippen LogP contribution in [0.3, 0.4) is 0 Å². The summed E-state index contributed by atoms with van der Waals surface area (Å²) in [7, 11) is 0. The Morgan fingerprint density at radius 1 is 0.645 bits per heavy atom. The molecule has 3 aromatic carbocycles. The largest absolute Gasteiger partial charge is 0.420 e. The van der Waals surface area contributed by atoms with Gasteiger partial charge in [-0.25, -0.2) is 22.8 Å².